The minimum atomic E-state index is -4.48. The zero-order valence-electron chi connectivity index (χ0n) is 11.8. The molecule has 0 spiro atoms. The Morgan fingerprint density at radius 1 is 1.14 bits per heavy atom. The number of hydrogen-bond donors (Lipinski definition) is 2. The Bertz CT molecular complexity index is 632. The molecule has 1 unspecified atom stereocenters. The molecule has 2 aromatic rings. The van der Waals surface area contributed by atoms with Gasteiger partial charge < -0.3 is 14.5 Å². The minimum absolute atomic E-state index is 0.138. The van der Waals surface area contributed by atoms with E-state index in [-0.39, 0.29) is 6.61 Å². The van der Waals surface area contributed by atoms with Gasteiger partial charge in [0.1, 0.15) is 11.9 Å². The van der Waals surface area contributed by atoms with Gasteiger partial charge in [-0.05, 0) is 17.9 Å². The van der Waals surface area contributed by atoms with Crippen molar-refractivity contribution < 1.29 is 23.6 Å². The third-order valence-corrected chi connectivity index (χ3v) is 3.57. The normalized spacial score (nSPS) is 13.3. The number of fused-ring (bicyclic) bond motifs is 1. The lowest BCUT2D eigenvalue weighted by molar-refractivity contribution is 0.0966. The standard InChI is InChI=1S/C15H19O5P/c1-2-6-13(11-19-21(16,17)18)20-15-10-5-8-12-7-3-4-9-14(12)15/h3-5,7-10,13H,2,6,11H2,1H3,(H2,16,17,18). The van der Waals surface area contributed by atoms with Crippen LogP contribution < -0.4 is 4.74 Å². The molecule has 2 N–H and O–H groups in total. The van der Waals surface area contributed by atoms with E-state index < -0.39 is 13.9 Å². The zero-order valence-corrected chi connectivity index (χ0v) is 12.7. The molecule has 114 valence electrons. The number of rotatable bonds is 7. The van der Waals surface area contributed by atoms with Crippen LogP contribution in [0.15, 0.2) is 42.5 Å². The number of ether oxygens (including phenoxy) is 1. The van der Waals surface area contributed by atoms with Crippen LogP contribution in [0.1, 0.15) is 19.8 Å². The first kappa shape index (κ1) is 16.0. The van der Waals surface area contributed by atoms with Crippen molar-refractivity contribution in [1.29, 1.82) is 0 Å². The van der Waals surface area contributed by atoms with E-state index in [1.165, 1.54) is 0 Å². The molecule has 0 amide bonds. The third-order valence-electron chi connectivity index (χ3n) is 3.08. The molecular weight excluding hydrogens is 291 g/mol. The molecule has 0 aromatic heterocycles. The van der Waals surface area contributed by atoms with Crippen molar-refractivity contribution in [2.75, 3.05) is 6.61 Å². The van der Waals surface area contributed by atoms with E-state index in [1.54, 1.807) is 0 Å². The van der Waals surface area contributed by atoms with E-state index >= 15 is 0 Å². The Kier molecular flexibility index (Phi) is 5.37. The predicted molar refractivity (Wildman–Crippen MR) is 81.3 cm³/mol. The molecular formula is C15H19O5P. The Morgan fingerprint density at radius 3 is 2.57 bits per heavy atom. The van der Waals surface area contributed by atoms with Gasteiger partial charge in [-0.15, -0.1) is 0 Å². The quantitative estimate of drug-likeness (QED) is 0.766. The lowest BCUT2D eigenvalue weighted by Crippen LogP contribution is -2.22. The highest BCUT2D eigenvalue weighted by Crippen LogP contribution is 2.36. The van der Waals surface area contributed by atoms with Gasteiger partial charge in [-0.3, -0.25) is 4.52 Å². The Hall–Kier alpha value is -1.39. The monoisotopic (exact) mass is 310 g/mol. The summed E-state index contributed by atoms with van der Waals surface area (Å²) < 4.78 is 21.3. The van der Waals surface area contributed by atoms with E-state index in [0.717, 1.165) is 17.2 Å². The van der Waals surface area contributed by atoms with Crippen LogP contribution in [0, 0.1) is 0 Å². The van der Waals surface area contributed by atoms with Crippen LogP contribution in [-0.2, 0) is 9.09 Å². The summed E-state index contributed by atoms with van der Waals surface area (Å²) >= 11 is 0. The van der Waals surface area contributed by atoms with Crippen LogP contribution in [-0.4, -0.2) is 22.5 Å². The molecule has 1 atom stereocenters. The van der Waals surface area contributed by atoms with Crippen LogP contribution in [0.5, 0.6) is 5.75 Å². The molecule has 0 aliphatic heterocycles. The molecule has 0 aliphatic carbocycles. The van der Waals surface area contributed by atoms with Crippen LogP contribution in [0.4, 0.5) is 0 Å². The zero-order chi connectivity index (χ0) is 15.3. The van der Waals surface area contributed by atoms with E-state index in [1.807, 2.05) is 49.4 Å². The van der Waals surface area contributed by atoms with Crippen molar-refractivity contribution in [3.05, 3.63) is 42.5 Å². The first-order valence-electron chi connectivity index (χ1n) is 6.84. The third kappa shape index (κ3) is 4.83. The van der Waals surface area contributed by atoms with Crippen molar-refractivity contribution in [2.24, 2.45) is 0 Å². The maximum absolute atomic E-state index is 10.8. The Balaban J connectivity index is 2.16. The lowest BCUT2D eigenvalue weighted by Gasteiger charge is -2.20. The molecule has 21 heavy (non-hydrogen) atoms. The van der Waals surface area contributed by atoms with Crippen LogP contribution >= 0.6 is 7.82 Å². The van der Waals surface area contributed by atoms with Gasteiger partial charge >= 0.3 is 7.82 Å². The smallest absolute Gasteiger partial charge is 0.469 e. The van der Waals surface area contributed by atoms with Gasteiger partial charge in [0.15, 0.2) is 0 Å². The Labute approximate surface area is 123 Å². The van der Waals surface area contributed by atoms with Crippen LogP contribution in [0.3, 0.4) is 0 Å². The Morgan fingerprint density at radius 2 is 1.86 bits per heavy atom. The van der Waals surface area contributed by atoms with Gasteiger partial charge in [0.25, 0.3) is 0 Å². The molecule has 0 saturated carbocycles. The maximum atomic E-state index is 10.8. The topological polar surface area (TPSA) is 76.0 Å². The summed E-state index contributed by atoms with van der Waals surface area (Å²) in [5.74, 6) is 0.695. The van der Waals surface area contributed by atoms with Gasteiger partial charge in [0, 0.05) is 5.39 Å². The summed E-state index contributed by atoms with van der Waals surface area (Å²) in [5, 5.41) is 2.03. The van der Waals surface area contributed by atoms with E-state index in [4.69, 9.17) is 14.5 Å². The van der Waals surface area contributed by atoms with Crippen LogP contribution in [0.2, 0.25) is 0 Å². The average Bonchev–Trinajstić information content (AvgIpc) is 2.44. The molecule has 0 radical (unpaired) electrons. The number of benzene rings is 2. The second-order valence-electron chi connectivity index (χ2n) is 4.79. The summed E-state index contributed by atoms with van der Waals surface area (Å²) in [7, 11) is -4.48. The largest absolute Gasteiger partial charge is 0.487 e. The maximum Gasteiger partial charge on any atom is 0.469 e. The van der Waals surface area contributed by atoms with E-state index in [0.29, 0.717) is 12.2 Å². The fourth-order valence-electron chi connectivity index (χ4n) is 2.16. The highest BCUT2D eigenvalue weighted by atomic mass is 31.2. The molecule has 2 rings (SSSR count). The van der Waals surface area contributed by atoms with Gasteiger partial charge in [-0.1, -0.05) is 49.7 Å². The highest BCUT2D eigenvalue weighted by Gasteiger charge is 2.19. The summed E-state index contributed by atoms with van der Waals surface area (Å²) in [4.78, 5) is 17.6. The first-order valence-corrected chi connectivity index (χ1v) is 8.37. The molecule has 6 heteroatoms. The molecule has 0 aliphatic rings. The lowest BCUT2D eigenvalue weighted by atomic mass is 10.1. The van der Waals surface area contributed by atoms with Gasteiger partial charge in [-0.25, -0.2) is 4.57 Å². The summed E-state index contributed by atoms with van der Waals surface area (Å²) in [6, 6.07) is 13.6. The fraction of sp³-hybridized carbons (Fsp3) is 0.333. The minimum Gasteiger partial charge on any atom is -0.487 e. The molecule has 2 aromatic carbocycles. The van der Waals surface area contributed by atoms with Gasteiger partial charge in [0.05, 0.1) is 6.61 Å². The van der Waals surface area contributed by atoms with E-state index in [2.05, 4.69) is 4.52 Å². The summed E-state index contributed by atoms with van der Waals surface area (Å²) in [6.07, 6.45) is 1.09. The molecule has 0 bridgehead atoms. The van der Waals surface area contributed by atoms with Crippen LogP contribution in [0.25, 0.3) is 10.8 Å². The van der Waals surface area contributed by atoms with Crippen molar-refractivity contribution >= 4 is 18.6 Å². The summed E-state index contributed by atoms with van der Waals surface area (Å²) in [5.41, 5.74) is 0. The second-order valence-corrected chi connectivity index (χ2v) is 6.03. The predicted octanol–water partition coefficient (Wildman–Crippen LogP) is 3.50. The first-order chi connectivity index (χ1) is 9.99. The number of phosphoric ester groups is 1. The highest BCUT2D eigenvalue weighted by molar-refractivity contribution is 7.46. The second kappa shape index (κ2) is 7.05. The van der Waals surface area contributed by atoms with Gasteiger partial charge in [-0.2, -0.15) is 0 Å². The molecule has 0 fully saturated rings. The molecule has 0 saturated heterocycles. The van der Waals surface area contributed by atoms with Crippen molar-refractivity contribution in [3.63, 3.8) is 0 Å². The van der Waals surface area contributed by atoms with Crippen molar-refractivity contribution in [1.82, 2.24) is 0 Å². The van der Waals surface area contributed by atoms with E-state index in [9.17, 15) is 4.57 Å². The van der Waals surface area contributed by atoms with Crippen molar-refractivity contribution in [3.8, 4) is 5.75 Å². The number of hydrogen-bond acceptors (Lipinski definition) is 3. The van der Waals surface area contributed by atoms with Gasteiger partial charge in [0.2, 0.25) is 0 Å². The molecule has 0 heterocycles. The van der Waals surface area contributed by atoms with Crippen molar-refractivity contribution in [2.45, 2.75) is 25.9 Å². The SMILES string of the molecule is CCCC(COP(=O)(O)O)Oc1cccc2ccccc12. The fourth-order valence-corrected chi connectivity index (χ4v) is 2.52. The summed E-state index contributed by atoms with van der Waals surface area (Å²) in [6.45, 7) is 1.85. The average molecular weight is 310 g/mol. The number of phosphoric acid groups is 1. The molecule has 5 nitrogen and oxygen atoms in total.